The fraction of sp³-hybridized carbons (Fsp3) is 0.300. The van der Waals surface area contributed by atoms with E-state index in [1.807, 2.05) is 0 Å². The van der Waals surface area contributed by atoms with Gasteiger partial charge in [-0.3, -0.25) is 4.79 Å². The summed E-state index contributed by atoms with van der Waals surface area (Å²) >= 11 is 5.61. The van der Waals surface area contributed by atoms with Crippen LogP contribution < -0.4 is 4.74 Å². The van der Waals surface area contributed by atoms with Crippen LogP contribution >= 0.6 is 11.6 Å². The zero-order valence-electron chi connectivity index (χ0n) is 8.48. The van der Waals surface area contributed by atoms with Gasteiger partial charge in [-0.1, -0.05) is 11.6 Å². The van der Waals surface area contributed by atoms with Crippen molar-refractivity contribution in [3.8, 4) is 5.75 Å². The molecule has 0 bridgehead atoms. The van der Waals surface area contributed by atoms with E-state index in [2.05, 4.69) is 0 Å². The second kappa shape index (κ2) is 4.33. The molecule has 0 aromatic heterocycles. The van der Waals surface area contributed by atoms with Crippen molar-refractivity contribution in [3.05, 3.63) is 28.3 Å². The van der Waals surface area contributed by atoms with Crippen LogP contribution in [0.4, 0.5) is 13.2 Å². The van der Waals surface area contributed by atoms with Gasteiger partial charge in [-0.05, 0) is 19.1 Å². The molecule has 0 amide bonds. The van der Waals surface area contributed by atoms with Gasteiger partial charge >= 0.3 is 6.18 Å². The van der Waals surface area contributed by atoms with Gasteiger partial charge in [0.1, 0.15) is 5.75 Å². The van der Waals surface area contributed by atoms with Crippen molar-refractivity contribution in [1.29, 1.82) is 0 Å². The number of hydrogen-bond acceptors (Lipinski definition) is 2. The van der Waals surface area contributed by atoms with Crippen molar-refractivity contribution in [3.63, 3.8) is 0 Å². The molecule has 0 saturated carbocycles. The van der Waals surface area contributed by atoms with Crippen LogP contribution in [0.5, 0.6) is 5.75 Å². The van der Waals surface area contributed by atoms with E-state index in [1.54, 1.807) is 0 Å². The molecule has 0 fully saturated rings. The number of ketones is 1. The van der Waals surface area contributed by atoms with E-state index >= 15 is 0 Å². The smallest absolute Gasteiger partial charge is 0.416 e. The number of benzene rings is 1. The lowest BCUT2D eigenvalue weighted by Crippen LogP contribution is -2.08. The van der Waals surface area contributed by atoms with E-state index in [9.17, 15) is 18.0 Å². The summed E-state index contributed by atoms with van der Waals surface area (Å²) in [4.78, 5) is 11.2. The highest BCUT2D eigenvalue weighted by Crippen LogP contribution is 2.37. The largest absolute Gasteiger partial charge is 0.494 e. The quantitative estimate of drug-likeness (QED) is 0.752. The standard InChI is InChI=1S/C10H8ClF3O2/c1-5(15)7-3-6(10(12,13)14)4-8(11)9(7)16-2/h3-4H,1-2H3. The van der Waals surface area contributed by atoms with Gasteiger partial charge in [0.15, 0.2) is 5.78 Å². The molecule has 16 heavy (non-hydrogen) atoms. The predicted octanol–water partition coefficient (Wildman–Crippen LogP) is 3.57. The maximum atomic E-state index is 12.4. The Balaban J connectivity index is 3.46. The van der Waals surface area contributed by atoms with Gasteiger partial charge in [0.25, 0.3) is 0 Å². The molecule has 0 N–H and O–H groups in total. The van der Waals surface area contributed by atoms with Gasteiger partial charge in [0, 0.05) is 0 Å². The molecular weight excluding hydrogens is 245 g/mol. The summed E-state index contributed by atoms with van der Waals surface area (Å²) in [5.41, 5.74) is -1.15. The number of methoxy groups -OCH3 is 1. The van der Waals surface area contributed by atoms with Crippen molar-refractivity contribution < 1.29 is 22.7 Å². The van der Waals surface area contributed by atoms with Crippen LogP contribution in [-0.4, -0.2) is 12.9 Å². The highest BCUT2D eigenvalue weighted by molar-refractivity contribution is 6.32. The van der Waals surface area contributed by atoms with E-state index < -0.39 is 17.5 Å². The normalized spacial score (nSPS) is 11.4. The van der Waals surface area contributed by atoms with E-state index in [0.29, 0.717) is 0 Å². The number of alkyl halides is 3. The summed E-state index contributed by atoms with van der Waals surface area (Å²) in [7, 11) is 1.24. The summed E-state index contributed by atoms with van der Waals surface area (Å²) in [6.07, 6.45) is -4.54. The number of carbonyl (C=O) groups excluding carboxylic acids is 1. The van der Waals surface area contributed by atoms with Crippen molar-refractivity contribution in [2.24, 2.45) is 0 Å². The van der Waals surface area contributed by atoms with E-state index in [0.717, 1.165) is 19.1 Å². The number of ether oxygens (including phenoxy) is 1. The summed E-state index contributed by atoms with van der Waals surface area (Å²) in [5, 5.41) is -0.234. The molecule has 0 saturated heterocycles. The highest BCUT2D eigenvalue weighted by atomic mass is 35.5. The third-order valence-corrected chi connectivity index (χ3v) is 2.24. The Labute approximate surface area is 95.0 Å². The van der Waals surface area contributed by atoms with Crippen LogP contribution in [0, 0.1) is 0 Å². The van der Waals surface area contributed by atoms with Crippen molar-refractivity contribution >= 4 is 17.4 Å². The molecule has 0 aliphatic rings. The predicted molar refractivity (Wildman–Crippen MR) is 53.0 cm³/mol. The highest BCUT2D eigenvalue weighted by Gasteiger charge is 2.32. The maximum Gasteiger partial charge on any atom is 0.416 e. The first-order chi connectivity index (χ1) is 7.27. The molecule has 0 unspecified atom stereocenters. The zero-order chi connectivity index (χ0) is 12.5. The fourth-order valence-corrected chi connectivity index (χ4v) is 1.52. The molecule has 2 nitrogen and oxygen atoms in total. The average Bonchev–Trinajstić information content (AvgIpc) is 2.14. The molecule has 6 heteroatoms. The first-order valence-electron chi connectivity index (χ1n) is 4.23. The molecule has 0 atom stereocenters. The summed E-state index contributed by atoms with van der Waals surface area (Å²) < 4.78 is 42.1. The minimum atomic E-state index is -4.54. The van der Waals surface area contributed by atoms with Crippen LogP contribution in [0.15, 0.2) is 12.1 Å². The molecule has 0 aliphatic heterocycles. The second-order valence-corrected chi connectivity index (χ2v) is 3.50. The maximum absolute atomic E-state index is 12.4. The van der Waals surface area contributed by atoms with Gasteiger partial charge in [0.05, 0.1) is 23.3 Å². The lowest BCUT2D eigenvalue weighted by Gasteiger charge is -2.12. The Bertz CT molecular complexity index is 427. The molecule has 0 radical (unpaired) electrons. The molecule has 1 rings (SSSR count). The third-order valence-electron chi connectivity index (χ3n) is 1.95. The molecule has 0 spiro atoms. The minimum absolute atomic E-state index is 0.0397. The summed E-state index contributed by atoms with van der Waals surface area (Å²) in [5.74, 6) is -0.577. The van der Waals surface area contributed by atoms with Gasteiger partial charge in [-0.25, -0.2) is 0 Å². The van der Waals surface area contributed by atoms with Gasteiger partial charge < -0.3 is 4.74 Å². The number of hydrogen-bond donors (Lipinski definition) is 0. The number of rotatable bonds is 2. The summed E-state index contributed by atoms with van der Waals surface area (Å²) in [6.45, 7) is 1.15. The Morgan fingerprint density at radius 2 is 1.94 bits per heavy atom. The van der Waals surface area contributed by atoms with Crippen LogP contribution in [0.2, 0.25) is 5.02 Å². The fourth-order valence-electron chi connectivity index (χ4n) is 1.23. The Morgan fingerprint density at radius 1 is 1.38 bits per heavy atom. The van der Waals surface area contributed by atoms with Crippen molar-refractivity contribution in [2.75, 3.05) is 7.11 Å². The minimum Gasteiger partial charge on any atom is -0.494 e. The summed E-state index contributed by atoms with van der Waals surface area (Å²) in [6, 6.07) is 1.46. The SMILES string of the molecule is COc1c(Cl)cc(C(F)(F)F)cc1C(C)=O. The molecule has 1 aromatic rings. The van der Waals surface area contributed by atoms with E-state index in [4.69, 9.17) is 16.3 Å². The van der Waals surface area contributed by atoms with Gasteiger partial charge in [-0.2, -0.15) is 13.2 Å². The third kappa shape index (κ3) is 2.47. The van der Waals surface area contributed by atoms with Crippen LogP contribution in [0.3, 0.4) is 0 Å². The number of carbonyl (C=O) groups is 1. The van der Waals surface area contributed by atoms with Crippen molar-refractivity contribution in [2.45, 2.75) is 13.1 Å². The number of Topliss-reactive ketones (excluding diaryl/α,β-unsaturated/α-hetero) is 1. The first kappa shape index (κ1) is 12.8. The molecule has 0 heterocycles. The molecule has 88 valence electrons. The first-order valence-corrected chi connectivity index (χ1v) is 4.61. The molecule has 1 aromatic carbocycles. The Morgan fingerprint density at radius 3 is 2.31 bits per heavy atom. The lowest BCUT2D eigenvalue weighted by molar-refractivity contribution is -0.137. The average molecular weight is 253 g/mol. The van der Waals surface area contributed by atoms with E-state index in [-0.39, 0.29) is 16.3 Å². The topological polar surface area (TPSA) is 26.3 Å². The lowest BCUT2D eigenvalue weighted by atomic mass is 10.1. The Kier molecular flexibility index (Phi) is 3.48. The van der Waals surface area contributed by atoms with Crippen LogP contribution in [-0.2, 0) is 6.18 Å². The zero-order valence-corrected chi connectivity index (χ0v) is 9.24. The molecular formula is C10H8ClF3O2. The number of halogens is 4. The van der Waals surface area contributed by atoms with Gasteiger partial charge in [0.2, 0.25) is 0 Å². The molecule has 0 aliphatic carbocycles. The van der Waals surface area contributed by atoms with Crippen LogP contribution in [0.25, 0.3) is 0 Å². The Hall–Kier alpha value is -1.23. The van der Waals surface area contributed by atoms with E-state index in [1.165, 1.54) is 7.11 Å². The second-order valence-electron chi connectivity index (χ2n) is 3.09. The van der Waals surface area contributed by atoms with Gasteiger partial charge in [-0.15, -0.1) is 0 Å². The van der Waals surface area contributed by atoms with Crippen LogP contribution in [0.1, 0.15) is 22.8 Å². The van der Waals surface area contributed by atoms with Crippen molar-refractivity contribution in [1.82, 2.24) is 0 Å². The monoisotopic (exact) mass is 252 g/mol.